The highest BCUT2D eigenvalue weighted by molar-refractivity contribution is 6.00. The number of amides is 1. The van der Waals surface area contributed by atoms with Gasteiger partial charge in [-0.1, -0.05) is 24.3 Å². The predicted octanol–water partition coefficient (Wildman–Crippen LogP) is 2.67. The molecule has 2 aromatic carbocycles. The summed E-state index contributed by atoms with van der Waals surface area (Å²) in [5, 5.41) is 10.6. The first-order valence-corrected chi connectivity index (χ1v) is 6.80. The number of aliphatic carboxylic acids is 1. The number of hydrogen-bond acceptors (Lipinski definition) is 2. The molecule has 0 radical (unpaired) electrons. The minimum absolute atomic E-state index is 0.0677. The zero-order chi connectivity index (χ0) is 15.0. The Morgan fingerprint density at radius 2 is 1.86 bits per heavy atom. The van der Waals surface area contributed by atoms with Crippen LogP contribution in [0.15, 0.2) is 36.4 Å². The van der Waals surface area contributed by atoms with Crippen LogP contribution >= 0.6 is 0 Å². The van der Waals surface area contributed by atoms with Gasteiger partial charge in [-0.05, 0) is 35.7 Å². The summed E-state index contributed by atoms with van der Waals surface area (Å²) in [5.74, 6) is -2.21. The Morgan fingerprint density at radius 1 is 1.19 bits per heavy atom. The van der Waals surface area contributed by atoms with Crippen LogP contribution in [0.2, 0.25) is 0 Å². The zero-order valence-electron chi connectivity index (χ0n) is 11.3. The Hall–Kier alpha value is -2.43. The fourth-order valence-corrected chi connectivity index (χ4v) is 2.80. The van der Waals surface area contributed by atoms with Crippen molar-refractivity contribution in [3.05, 3.63) is 47.8 Å². The fourth-order valence-electron chi connectivity index (χ4n) is 2.80. The SMILES string of the molecule is O=C(O)[C@H]1CCCN1C(=O)c1cc2ccccc2cc1F. The van der Waals surface area contributed by atoms with E-state index in [4.69, 9.17) is 5.11 Å². The fraction of sp³-hybridized carbons (Fsp3) is 0.250. The number of hydrogen-bond donors (Lipinski definition) is 1. The molecule has 1 N–H and O–H groups in total. The summed E-state index contributed by atoms with van der Waals surface area (Å²) in [7, 11) is 0. The van der Waals surface area contributed by atoms with Crippen molar-refractivity contribution in [3.63, 3.8) is 0 Å². The number of likely N-dealkylation sites (tertiary alicyclic amines) is 1. The smallest absolute Gasteiger partial charge is 0.326 e. The van der Waals surface area contributed by atoms with Crippen molar-refractivity contribution in [2.75, 3.05) is 6.54 Å². The maximum atomic E-state index is 14.2. The van der Waals surface area contributed by atoms with Gasteiger partial charge in [-0.15, -0.1) is 0 Å². The molecule has 0 unspecified atom stereocenters. The molecule has 0 aliphatic carbocycles. The van der Waals surface area contributed by atoms with Crippen molar-refractivity contribution in [2.24, 2.45) is 0 Å². The number of halogens is 1. The van der Waals surface area contributed by atoms with Crippen molar-refractivity contribution in [3.8, 4) is 0 Å². The van der Waals surface area contributed by atoms with Gasteiger partial charge in [-0.2, -0.15) is 0 Å². The van der Waals surface area contributed by atoms with E-state index in [9.17, 15) is 14.0 Å². The molecule has 0 aromatic heterocycles. The van der Waals surface area contributed by atoms with Gasteiger partial charge in [-0.25, -0.2) is 9.18 Å². The minimum Gasteiger partial charge on any atom is -0.480 e. The normalized spacial score (nSPS) is 18.1. The minimum atomic E-state index is -1.04. The lowest BCUT2D eigenvalue weighted by Gasteiger charge is -2.21. The van der Waals surface area contributed by atoms with Crippen LogP contribution in [0.3, 0.4) is 0 Å². The van der Waals surface area contributed by atoms with Crippen LogP contribution in [-0.4, -0.2) is 34.5 Å². The highest BCUT2D eigenvalue weighted by Crippen LogP contribution is 2.24. The molecule has 21 heavy (non-hydrogen) atoms. The molecule has 0 spiro atoms. The molecule has 1 amide bonds. The summed E-state index contributed by atoms with van der Waals surface area (Å²) in [5.41, 5.74) is -0.0677. The van der Waals surface area contributed by atoms with Crippen molar-refractivity contribution < 1.29 is 19.1 Å². The van der Waals surface area contributed by atoms with Gasteiger partial charge in [0.25, 0.3) is 5.91 Å². The maximum Gasteiger partial charge on any atom is 0.326 e. The number of carboxylic acids is 1. The van der Waals surface area contributed by atoms with Crippen LogP contribution in [0, 0.1) is 5.82 Å². The number of benzene rings is 2. The van der Waals surface area contributed by atoms with Gasteiger partial charge in [0.15, 0.2) is 0 Å². The molecule has 1 fully saturated rings. The number of rotatable bonds is 2. The van der Waals surface area contributed by atoms with Crippen LogP contribution in [-0.2, 0) is 4.79 Å². The number of carbonyl (C=O) groups is 2. The largest absolute Gasteiger partial charge is 0.480 e. The van der Waals surface area contributed by atoms with E-state index in [-0.39, 0.29) is 5.56 Å². The second kappa shape index (κ2) is 5.16. The van der Waals surface area contributed by atoms with Crippen molar-refractivity contribution in [1.29, 1.82) is 0 Å². The number of carbonyl (C=O) groups excluding carboxylic acids is 1. The van der Waals surface area contributed by atoms with E-state index in [1.807, 2.05) is 6.07 Å². The third-order valence-electron chi connectivity index (χ3n) is 3.86. The summed E-state index contributed by atoms with van der Waals surface area (Å²) >= 11 is 0. The van der Waals surface area contributed by atoms with Gasteiger partial charge in [0.2, 0.25) is 0 Å². The van der Waals surface area contributed by atoms with E-state index in [0.717, 1.165) is 5.39 Å². The van der Waals surface area contributed by atoms with Crippen molar-refractivity contribution in [1.82, 2.24) is 4.90 Å². The highest BCUT2D eigenvalue weighted by Gasteiger charge is 2.35. The molecule has 1 aliphatic rings. The molecule has 4 nitrogen and oxygen atoms in total. The third kappa shape index (κ3) is 2.35. The molecule has 5 heteroatoms. The number of nitrogens with zero attached hydrogens (tertiary/aromatic N) is 1. The molecule has 108 valence electrons. The van der Waals surface area contributed by atoms with Gasteiger partial charge in [0.1, 0.15) is 11.9 Å². The monoisotopic (exact) mass is 287 g/mol. The first kappa shape index (κ1) is 13.5. The quantitative estimate of drug-likeness (QED) is 0.923. The summed E-state index contributed by atoms with van der Waals surface area (Å²) < 4.78 is 14.2. The zero-order valence-corrected chi connectivity index (χ0v) is 11.3. The Kier molecular flexibility index (Phi) is 3.33. The average Bonchev–Trinajstić information content (AvgIpc) is 2.95. The third-order valence-corrected chi connectivity index (χ3v) is 3.86. The lowest BCUT2D eigenvalue weighted by atomic mass is 10.1. The Morgan fingerprint density at radius 3 is 2.52 bits per heavy atom. The van der Waals surface area contributed by atoms with Crippen LogP contribution in [0.25, 0.3) is 10.8 Å². The summed E-state index contributed by atoms with van der Waals surface area (Å²) in [6.07, 6.45) is 1.04. The van der Waals surface area contributed by atoms with Crippen LogP contribution in [0.4, 0.5) is 4.39 Å². The Balaban J connectivity index is 2.01. The lowest BCUT2D eigenvalue weighted by molar-refractivity contribution is -0.141. The standard InChI is InChI=1S/C16H14FNO3/c17-13-9-11-5-2-1-4-10(11)8-12(13)15(19)18-7-3-6-14(18)16(20)21/h1-2,4-5,8-9,14H,3,6-7H2,(H,20,21)/t14-/m1/s1. The van der Waals surface area contributed by atoms with Crippen LogP contribution in [0.1, 0.15) is 23.2 Å². The molecular weight excluding hydrogens is 273 g/mol. The molecule has 1 atom stereocenters. The lowest BCUT2D eigenvalue weighted by Crippen LogP contribution is -2.40. The highest BCUT2D eigenvalue weighted by atomic mass is 19.1. The van der Waals surface area contributed by atoms with E-state index >= 15 is 0 Å². The molecule has 0 bridgehead atoms. The maximum absolute atomic E-state index is 14.2. The van der Waals surface area contributed by atoms with Crippen LogP contribution in [0.5, 0.6) is 0 Å². The summed E-state index contributed by atoms with van der Waals surface area (Å²) in [6.45, 7) is 0.349. The van der Waals surface area contributed by atoms with Crippen molar-refractivity contribution >= 4 is 22.6 Å². The van der Waals surface area contributed by atoms with E-state index in [1.54, 1.807) is 18.2 Å². The van der Waals surface area contributed by atoms with Crippen molar-refractivity contribution in [2.45, 2.75) is 18.9 Å². The van der Waals surface area contributed by atoms with Crippen LogP contribution < -0.4 is 0 Å². The number of carboxylic acid groups (broad SMARTS) is 1. The van der Waals surface area contributed by atoms with Gasteiger partial charge in [0, 0.05) is 6.54 Å². The first-order chi connectivity index (χ1) is 10.1. The predicted molar refractivity (Wildman–Crippen MR) is 75.6 cm³/mol. The second-order valence-corrected chi connectivity index (χ2v) is 5.17. The molecule has 1 heterocycles. The van der Waals surface area contributed by atoms with E-state index in [1.165, 1.54) is 17.0 Å². The number of fused-ring (bicyclic) bond motifs is 1. The average molecular weight is 287 g/mol. The Labute approximate surface area is 120 Å². The molecular formula is C16H14FNO3. The second-order valence-electron chi connectivity index (χ2n) is 5.17. The molecule has 3 rings (SSSR count). The van der Waals surface area contributed by atoms with Gasteiger partial charge in [0.05, 0.1) is 5.56 Å². The first-order valence-electron chi connectivity index (χ1n) is 6.80. The molecule has 1 saturated heterocycles. The molecule has 2 aromatic rings. The molecule has 0 saturated carbocycles. The van der Waals surface area contributed by atoms with E-state index < -0.39 is 23.7 Å². The molecule has 1 aliphatic heterocycles. The summed E-state index contributed by atoms with van der Waals surface area (Å²) in [4.78, 5) is 24.9. The topological polar surface area (TPSA) is 57.6 Å². The van der Waals surface area contributed by atoms with E-state index in [2.05, 4.69) is 0 Å². The Bertz CT molecular complexity index is 729. The van der Waals surface area contributed by atoms with Gasteiger partial charge >= 0.3 is 5.97 Å². The van der Waals surface area contributed by atoms with Gasteiger partial charge in [-0.3, -0.25) is 4.79 Å². The van der Waals surface area contributed by atoms with Gasteiger partial charge < -0.3 is 10.0 Å². The van der Waals surface area contributed by atoms with E-state index in [0.29, 0.717) is 24.8 Å². The summed E-state index contributed by atoms with van der Waals surface area (Å²) in [6, 6.07) is 9.11.